The highest BCUT2D eigenvalue weighted by molar-refractivity contribution is 5.41. The number of allylic oxidation sites excluding steroid dienone is 7. The molecule has 0 spiro atoms. The first-order valence-corrected chi connectivity index (χ1v) is 7.94. The van der Waals surface area contributed by atoms with Gasteiger partial charge in [0.2, 0.25) is 0 Å². The van der Waals surface area contributed by atoms with E-state index in [9.17, 15) is 0 Å². The molecule has 0 saturated carbocycles. The van der Waals surface area contributed by atoms with Gasteiger partial charge in [-0.25, -0.2) is 0 Å². The van der Waals surface area contributed by atoms with E-state index in [-0.39, 0.29) is 0 Å². The molecule has 0 heteroatoms. The van der Waals surface area contributed by atoms with E-state index in [2.05, 4.69) is 62.9 Å². The molecule has 0 nitrogen and oxygen atoms in total. The molecule has 1 aliphatic rings. The van der Waals surface area contributed by atoms with Crippen molar-refractivity contribution in [3.8, 4) is 0 Å². The van der Waals surface area contributed by atoms with Crippen LogP contribution >= 0.6 is 0 Å². The van der Waals surface area contributed by atoms with Crippen LogP contribution in [0.4, 0.5) is 0 Å². The van der Waals surface area contributed by atoms with Crippen molar-refractivity contribution < 1.29 is 0 Å². The quantitative estimate of drug-likeness (QED) is 0.624. The number of hydrogen-bond donors (Lipinski definition) is 0. The van der Waals surface area contributed by atoms with Crippen LogP contribution in [0.2, 0.25) is 0 Å². The summed E-state index contributed by atoms with van der Waals surface area (Å²) in [5.41, 5.74) is 7.12. The first-order chi connectivity index (χ1) is 10.2. The molecule has 0 fully saturated rings. The van der Waals surface area contributed by atoms with Crippen LogP contribution in [0.15, 0.2) is 71.9 Å². The average molecular weight is 278 g/mol. The zero-order chi connectivity index (χ0) is 15.1. The highest BCUT2D eigenvalue weighted by atomic mass is 14.1. The Balaban J connectivity index is 2.15. The van der Waals surface area contributed by atoms with Crippen molar-refractivity contribution in [3.05, 3.63) is 83.0 Å². The summed E-state index contributed by atoms with van der Waals surface area (Å²) in [6, 6.07) is 8.90. The Hall–Kier alpha value is -1.82. The normalized spacial score (nSPS) is 22.7. The second-order valence-electron chi connectivity index (χ2n) is 5.86. The predicted molar refractivity (Wildman–Crippen MR) is 93.5 cm³/mol. The molecule has 2 rings (SSSR count). The second kappa shape index (κ2) is 7.83. The lowest BCUT2D eigenvalue weighted by molar-refractivity contribution is 0.819. The number of aryl methyl sites for hydroxylation is 2. The highest BCUT2D eigenvalue weighted by Crippen LogP contribution is 2.26. The lowest BCUT2D eigenvalue weighted by atomic mass is 9.90. The van der Waals surface area contributed by atoms with Crippen LogP contribution in [0.25, 0.3) is 0 Å². The Morgan fingerprint density at radius 3 is 2.57 bits per heavy atom. The molecule has 0 heterocycles. The summed E-state index contributed by atoms with van der Waals surface area (Å²) in [4.78, 5) is 0. The molecule has 0 aromatic heterocycles. The van der Waals surface area contributed by atoms with E-state index in [1.165, 1.54) is 40.7 Å². The minimum atomic E-state index is 1.11. The summed E-state index contributed by atoms with van der Waals surface area (Å²) in [6.07, 6.45) is 14.6. The molecule has 0 bridgehead atoms. The molecule has 1 aromatic rings. The smallest absolute Gasteiger partial charge is 0.0236 e. The van der Waals surface area contributed by atoms with Crippen LogP contribution in [-0.4, -0.2) is 0 Å². The van der Waals surface area contributed by atoms with Crippen LogP contribution in [0, 0.1) is 6.92 Å². The van der Waals surface area contributed by atoms with E-state index in [0.29, 0.717) is 0 Å². The Labute approximate surface area is 129 Å². The van der Waals surface area contributed by atoms with Gasteiger partial charge in [-0.1, -0.05) is 60.7 Å². The number of hydrogen-bond acceptors (Lipinski definition) is 0. The molecule has 110 valence electrons. The van der Waals surface area contributed by atoms with Crippen molar-refractivity contribution in [3.63, 3.8) is 0 Å². The van der Waals surface area contributed by atoms with Gasteiger partial charge in [-0.05, 0) is 68.2 Å². The fourth-order valence-electron chi connectivity index (χ4n) is 2.81. The molecule has 0 saturated heterocycles. The second-order valence-corrected chi connectivity index (χ2v) is 5.86. The standard InChI is InChI=1S/C21H26/c1-4-8-20-9-6-5-7-10-21(18(20)3)16-15-19-13-11-17(2)12-14-19/h4,7-8,10-14H,1,5-6,9,15-16H2,2-3H3/b10-7-,20-8+,21-18+. The van der Waals surface area contributed by atoms with Gasteiger partial charge in [-0.2, -0.15) is 0 Å². The largest absolute Gasteiger partial charge is 0.0991 e. The van der Waals surface area contributed by atoms with Crippen LogP contribution in [0.5, 0.6) is 0 Å². The van der Waals surface area contributed by atoms with Gasteiger partial charge in [0.15, 0.2) is 0 Å². The summed E-state index contributed by atoms with van der Waals surface area (Å²) >= 11 is 0. The van der Waals surface area contributed by atoms with Gasteiger partial charge in [-0.15, -0.1) is 0 Å². The maximum atomic E-state index is 3.85. The Morgan fingerprint density at radius 2 is 1.86 bits per heavy atom. The van der Waals surface area contributed by atoms with Crippen molar-refractivity contribution in [1.82, 2.24) is 0 Å². The summed E-state index contributed by atoms with van der Waals surface area (Å²) in [6.45, 7) is 8.25. The maximum absolute atomic E-state index is 3.85. The van der Waals surface area contributed by atoms with Crippen molar-refractivity contribution in [1.29, 1.82) is 0 Å². The molecular formula is C21H26. The third kappa shape index (κ3) is 4.60. The van der Waals surface area contributed by atoms with E-state index >= 15 is 0 Å². The lowest BCUT2D eigenvalue weighted by Crippen LogP contribution is -1.97. The van der Waals surface area contributed by atoms with Gasteiger partial charge in [0.25, 0.3) is 0 Å². The SMILES string of the molecule is C=C/C=C1CCC\C=C/C(CCc2ccc(C)cc2)=C\1C. The zero-order valence-electron chi connectivity index (χ0n) is 13.4. The number of rotatable bonds is 4. The minimum absolute atomic E-state index is 1.11. The summed E-state index contributed by atoms with van der Waals surface area (Å²) in [7, 11) is 0. The van der Waals surface area contributed by atoms with E-state index in [1.54, 1.807) is 0 Å². The molecule has 0 N–H and O–H groups in total. The number of benzene rings is 1. The minimum Gasteiger partial charge on any atom is -0.0991 e. The maximum Gasteiger partial charge on any atom is -0.0236 e. The van der Waals surface area contributed by atoms with Gasteiger partial charge in [0.1, 0.15) is 0 Å². The predicted octanol–water partition coefficient (Wildman–Crippen LogP) is 6.10. The van der Waals surface area contributed by atoms with Gasteiger partial charge < -0.3 is 0 Å². The molecule has 1 aliphatic carbocycles. The third-order valence-electron chi connectivity index (χ3n) is 4.22. The van der Waals surface area contributed by atoms with E-state index in [1.807, 2.05) is 6.08 Å². The monoisotopic (exact) mass is 278 g/mol. The van der Waals surface area contributed by atoms with Crippen molar-refractivity contribution in [2.75, 3.05) is 0 Å². The molecule has 0 unspecified atom stereocenters. The topological polar surface area (TPSA) is 0 Å². The van der Waals surface area contributed by atoms with Gasteiger partial charge in [-0.3, -0.25) is 0 Å². The van der Waals surface area contributed by atoms with E-state index in [4.69, 9.17) is 0 Å². The molecule has 0 aliphatic heterocycles. The van der Waals surface area contributed by atoms with Gasteiger partial charge >= 0.3 is 0 Å². The summed E-state index contributed by atoms with van der Waals surface area (Å²) < 4.78 is 0. The first-order valence-electron chi connectivity index (χ1n) is 7.94. The Bertz CT molecular complexity index is 565. The van der Waals surface area contributed by atoms with E-state index in [0.717, 1.165) is 19.3 Å². The molecular weight excluding hydrogens is 252 g/mol. The van der Waals surface area contributed by atoms with Crippen LogP contribution < -0.4 is 0 Å². The Morgan fingerprint density at radius 1 is 1.10 bits per heavy atom. The Kier molecular flexibility index (Phi) is 5.80. The van der Waals surface area contributed by atoms with Crippen molar-refractivity contribution in [2.45, 2.75) is 46.0 Å². The lowest BCUT2D eigenvalue weighted by Gasteiger charge is -2.15. The third-order valence-corrected chi connectivity index (χ3v) is 4.22. The fraction of sp³-hybridized carbons (Fsp3) is 0.333. The molecule has 0 amide bonds. The van der Waals surface area contributed by atoms with Gasteiger partial charge in [0, 0.05) is 0 Å². The summed E-state index contributed by atoms with van der Waals surface area (Å²) in [5.74, 6) is 0. The molecule has 0 radical (unpaired) electrons. The van der Waals surface area contributed by atoms with Crippen molar-refractivity contribution in [2.24, 2.45) is 0 Å². The molecule has 1 aromatic carbocycles. The highest BCUT2D eigenvalue weighted by Gasteiger charge is 2.08. The van der Waals surface area contributed by atoms with E-state index < -0.39 is 0 Å². The van der Waals surface area contributed by atoms with Gasteiger partial charge in [0.05, 0.1) is 0 Å². The fourth-order valence-corrected chi connectivity index (χ4v) is 2.81. The van der Waals surface area contributed by atoms with Crippen LogP contribution in [0.3, 0.4) is 0 Å². The summed E-state index contributed by atoms with van der Waals surface area (Å²) in [5, 5.41) is 0. The molecule has 21 heavy (non-hydrogen) atoms. The first kappa shape index (κ1) is 15.6. The van der Waals surface area contributed by atoms with Crippen molar-refractivity contribution >= 4 is 0 Å². The van der Waals surface area contributed by atoms with Crippen LogP contribution in [0.1, 0.15) is 43.7 Å². The average Bonchev–Trinajstić information content (AvgIpc) is 2.48. The van der Waals surface area contributed by atoms with Crippen LogP contribution in [-0.2, 0) is 6.42 Å². The zero-order valence-corrected chi connectivity index (χ0v) is 13.4. The molecule has 0 atom stereocenters.